The highest BCUT2D eigenvalue weighted by Gasteiger charge is 2.15. The van der Waals surface area contributed by atoms with Crippen molar-refractivity contribution < 1.29 is 9.18 Å². The third-order valence-corrected chi connectivity index (χ3v) is 2.98. The fourth-order valence-corrected chi connectivity index (χ4v) is 1.95. The van der Waals surface area contributed by atoms with Gasteiger partial charge in [0.25, 0.3) is 5.91 Å². The Hall–Kier alpha value is -2.26. The Balaban J connectivity index is 2.23. The number of hydrogen-bond donors (Lipinski definition) is 1. The van der Waals surface area contributed by atoms with Crippen molar-refractivity contribution in [1.29, 1.82) is 5.26 Å². The standard InChI is InChI=1S/C13H7BrFN3O/c14-9-2-1-3-10(15)12(9)13(19)18-11-5-4-8(6-16)7-17-11/h1-5,7H,(H,17,18,19). The molecule has 0 fully saturated rings. The summed E-state index contributed by atoms with van der Waals surface area (Å²) in [5.74, 6) is -0.984. The number of nitrogens with zero attached hydrogens (tertiary/aromatic N) is 2. The molecule has 1 heterocycles. The molecule has 0 spiro atoms. The minimum absolute atomic E-state index is 0.0892. The fraction of sp³-hybridized carbons (Fsp3) is 0. The minimum Gasteiger partial charge on any atom is -0.306 e. The van der Waals surface area contributed by atoms with E-state index in [0.717, 1.165) is 0 Å². The van der Waals surface area contributed by atoms with Gasteiger partial charge in [-0.05, 0) is 40.2 Å². The van der Waals surface area contributed by atoms with Gasteiger partial charge in [0.2, 0.25) is 0 Å². The molecule has 6 heteroatoms. The zero-order chi connectivity index (χ0) is 13.8. The van der Waals surface area contributed by atoms with Gasteiger partial charge in [0.1, 0.15) is 17.7 Å². The van der Waals surface area contributed by atoms with E-state index in [4.69, 9.17) is 5.26 Å². The van der Waals surface area contributed by atoms with E-state index >= 15 is 0 Å². The molecule has 94 valence electrons. The number of benzene rings is 1. The van der Waals surface area contributed by atoms with E-state index in [2.05, 4.69) is 26.2 Å². The lowest BCUT2D eigenvalue weighted by Crippen LogP contribution is -2.15. The number of nitrogens with one attached hydrogen (secondary N) is 1. The number of hydrogen-bond acceptors (Lipinski definition) is 3. The fourth-order valence-electron chi connectivity index (χ4n) is 1.43. The molecule has 0 atom stereocenters. The molecule has 0 radical (unpaired) electrons. The summed E-state index contributed by atoms with van der Waals surface area (Å²) in [5.41, 5.74) is 0.290. The number of carbonyl (C=O) groups is 1. The molecule has 0 unspecified atom stereocenters. The smallest absolute Gasteiger partial charge is 0.260 e. The van der Waals surface area contributed by atoms with Gasteiger partial charge in [0.15, 0.2) is 0 Å². The third kappa shape index (κ3) is 2.95. The van der Waals surface area contributed by atoms with E-state index in [0.29, 0.717) is 10.0 Å². The second-order valence-corrected chi connectivity index (χ2v) is 4.45. The lowest BCUT2D eigenvalue weighted by atomic mass is 10.2. The number of anilines is 1. The summed E-state index contributed by atoms with van der Waals surface area (Å²) in [4.78, 5) is 15.8. The molecule has 2 aromatic rings. The van der Waals surface area contributed by atoms with Crippen LogP contribution in [0.15, 0.2) is 41.0 Å². The van der Waals surface area contributed by atoms with Crippen LogP contribution in [-0.4, -0.2) is 10.9 Å². The minimum atomic E-state index is -0.625. The summed E-state index contributed by atoms with van der Waals surface area (Å²) in [5, 5.41) is 11.1. The molecule has 1 N–H and O–H groups in total. The van der Waals surface area contributed by atoms with Crippen LogP contribution in [0.4, 0.5) is 10.2 Å². The van der Waals surface area contributed by atoms with Crippen molar-refractivity contribution in [2.75, 3.05) is 5.32 Å². The Labute approximate surface area is 117 Å². The molecule has 0 saturated heterocycles. The van der Waals surface area contributed by atoms with Gasteiger partial charge in [0, 0.05) is 10.7 Å². The number of rotatable bonds is 2. The first kappa shape index (κ1) is 13.2. The zero-order valence-electron chi connectivity index (χ0n) is 9.52. The zero-order valence-corrected chi connectivity index (χ0v) is 11.1. The predicted octanol–water partition coefficient (Wildman–Crippen LogP) is 3.11. The Kier molecular flexibility index (Phi) is 3.88. The molecular formula is C13H7BrFN3O. The van der Waals surface area contributed by atoms with Crippen molar-refractivity contribution in [1.82, 2.24) is 4.98 Å². The van der Waals surface area contributed by atoms with Gasteiger partial charge < -0.3 is 5.32 Å². The van der Waals surface area contributed by atoms with Crippen LogP contribution in [0.5, 0.6) is 0 Å². The van der Waals surface area contributed by atoms with Crippen molar-refractivity contribution in [2.45, 2.75) is 0 Å². The third-order valence-electron chi connectivity index (χ3n) is 2.32. The first-order valence-corrected chi connectivity index (χ1v) is 6.02. The normalized spacial score (nSPS) is 9.74. The molecule has 1 aromatic carbocycles. The lowest BCUT2D eigenvalue weighted by Gasteiger charge is -2.07. The van der Waals surface area contributed by atoms with Gasteiger partial charge in [-0.15, -0.1) is 0 Å². The summed E-state index contributed by atoms with van der Waals surface area (Å²) in [6, 6.07) is 9.18. The van der Waals surface area contributed by atoms with E-state index in [1.165, 1.54) is 30.5 Å². The summed E-state index contributed by atoms with van der Waals surface area (Å²) in [7, 11) is 0. The quantitative estimate of drug-likeness (QED) is 0.924. The van der Waals surface area contributed by atoms with E-state index in [9.17, 15) is 9.18 Å². The van der Waals surface area contributed by atoms with Crippen LogP contribution in [0.3, 0.4) is 0 Å². The van der Waals surface area contributed by atoms with Crippen molar-refractivity contribution in [3.63, 3.8) is 0 Å². The highest BCUT2D eigenvalue weighted by atomic mass is 79.9. The summed E-state index contributed by atoms with van der Waals surface area (Å²) >= 11 is 3.12. The molecule has 1 aromatic heterocycles. The Morgan fingerprint density at radius 1 is 1.37 bits per heavy atom. The van der Waals surface area contributed by atoms with Crippen LogP contribution in [0.1, 0.15) is 15.9 Å². The van der Waals surface area contributed by atoms with E-state index in [-0.39, 0.29) is 11.4 Å². The number of nitriles is 1. The van der Waals surface area contributed by atoms with Crippen LogP contribution >= 0.6 is 15.9 Å². The molecule has 0 saturated carbocycles. The van der Waals surface area contributed by atoms with Crippen LogP contribution in [0.25, 0.3) is 0 Å². The number of amides is 1. The SMILES string of the molecule is N#Cc1ccc(NC(=O)c2c(F)cccc2Br)nc1. The van der Waals surface area contributed by atoms with Gasteiger partial charge in [-0.25, -0.2) is 9.37 Å². The number of carbonyl (C=O) groups excluding carboxylic acids is 1. The van der Waals surface area contributed by atoms with Crippen LogP contribution in [0.2, 0.25) is 0 Å². The average molecular weight is 320 g/mol. The molecule has 0 aliphatic carbocycles. The maximum Gasteiger partial charge on any atom is 0.260 e. The molecule has 1 amide bonds. The average Bonchev–Trinajstić information content (AvgIpc) is 2.39. The van der Waals surface area contributed by atoms with E-state index < -0.39 is 11.7 Å². The number of aromatic nitrogens is 1. The molecule has 4 nitrogen and oxygen atoms in total. The van der Waals surface area contributed by atoms with E-state index in [1.54, 1.807) is 6.07 Å². The van der Waals surface area contributed by atoms with Crippen LogP contribution in [0, 0.1) is 17.1 Å². The van der Waals surface area contributed by atoms with Crippen LogP contribution < -0.4 is 5.32 Å². The van der Waals surface area contributed by atoms with Gasteiger partial charge in [-0.2, -0.15) is 5.26 Å². The molecule has 19 heavy (non-hydrogen) atoms. The van der Waals surface area contributed by atoms with Crippen molar-refractivity contribution >= 4 is 27.7 Å². The van der Waals surface area contributed by atoms with Crippen LogP contribution in [-0.2, 0) is 0 Å². The monoisotopic (exact) mass is 319 g/mol. The molecular weight excluding hydrogens is 313 g/mol. The van der Waals surface area contributed by atoms with Gasteiger partial charge >= 0.3 is 0 Å². The second kappa shape index (κ2) is 5.59. The highest BCUT2D eigenvalue weighted by molar-refractivity contribution is 9.10. The Morgan fingerprint density at radius 3 is 2.74 bits per heavy atom. The van der Waals surface area contributed by atoms with Crippen molar-refractivity contribution in [2.24, 2.45) is 0 Å². The summed E-state index contributed by atoms with van der Waals surface area (Å²) < 4.78 is 13.9. The van der Waals surface area contributed by atoms with Gasteiger partial charge in [-0.3, -0.25) is 4.79 Å². The Bertz CT molecular complexity index is 644. The first-order chi connectivity index (χ1) is 9.11. The second-order valence-electron chi connectivity index (χ2n) is 3.59. The number of pyridine rings is 1. The Morgan fingerprint density at radius 2 is 2.16 bits per heavy atom. The van der Waals surface area contributed by atoms with Gasteiger partial charge in [0.05, 0.1) is 11.1 Å². The molecule has 0 bridgehead atoms. The first-order valence-electron chi connectivity index (χ1n) is 5.23. The summed E-state index contributed by atoms with van der Waals surface area (Å²) in [6.45, 7) is 0. The molecule has 0 aliphatic heterocycles. The number of halogens is 2. The molecule has 2 rings (SSSR count). The van der Waals surface area contributed by atoms with Gasteiger partial charge in [-0.1, -0.05) is 6.07 Å². The topological polar surface area (TPSA) is 65.8 Å². The maximum absolute atomic E-state index is 13.6. The van der Waals surface area contributed by atoms with E-state index in [1.807, 2.05) is 6.07 Å². The predicted molar refractivity (Wildman–Crippen MR) is 71.0 cm³/mol. The lowest BCUT2D eigenvalue weighted by molar-refractivity contribution is 0.102. The van der Waals surface area contributed by atoms with Crippen molar-refractivity contribution in [3.05, 3.63) is 57.9 Å². The maximum atomic E-state index is 13.6. The largest absolute Gasteiger partial charge is 0.306 e. The summed E-state index contributed by atoms with van der Waals surface area (Å²) in [6.07, 6.45) is 1.33. The highest BCUT2D eigenvalue weighted by Crippen LogP contribution is 2.20. The molecule has 0 aliphatic rings. The van der Waals surface area contributed by atoms with Crippen molar-refractivity contribution in [3.8, 4) is 6.07 Å².